The zero-order chi connectivity index (χ0) is 15.4. The summed E-state index contributed by atoms with van der Waals surface area (Å²) in [5.41, 5.74) is 7.07. The van der Waals surface area contributed by atoms with Crippen LogP contribution in [0.25, 0.3) is 0 Å². The van der Waals surface area contributed by atoms with E-state index >= 15 is 0 Å². The number of nitrogens with one attached hydrogen (secondary N) is 1. The van der Waals surface area contributed by atoms with E-state index in [0.29, 0.717) is 11.1 Å². The van der Waals surface area contributed by atoms with Crippen molar-refractivity contribution in [3.63, 3.8) is 0 Å². The molecule has 0 saturated heterocycles. The molecule has 0 radical (unpaired) electrons. The van der Waals surface area contributed by atoms with Crippen molar-refractivity contribution in [3.8, 4) is 0 Å². The third-order valence-electron chi connectivity index (χ3n) is 3.03. The van der Waals surface area contributed by atoms with Crippen LogP contribution in [-0.4, -0.2) is 11.8 Å². The number of amides is 2. The van der Waals surface area contributed by atoms with Crippen LogP contribution in [0.15, 0.2) is 42.5 Å². The topological polar surface area (TPSA) is 72.2 Å². The lowest BCUT2D eigenvalue weighted by atomic mass is 10.1. The molecule has 2 amide bonds. The Labute approximate surface area is 121 Å². The Morgan fingerprint density at radius 3 is 2.67 bits per heavy atom. The summed E-state index contributed by atoms with van der Waals surface area (Å²) in [6, 6.07) is 11.0. The van der Waals surface area contributed by atoms with Crippen molar-refractivity contribution in [2.24, 2.45) is 5.73 Å². The molecule has 0 aromatic heterocycles. The largest absolute Gasteiger partial charge is 0.366 e. The van der Waals surface area contributed by atoms with Gasteiger partial charge in [-0.15, -0.1) is 0 Å². The van der Waals surface area contributed by atoms with Crippen LogP contribution >= 0.6 is 0 Å². The number of carbonyl (C=O) groups excluding carboxylic acids is 2. The second-order valence-corrected chi connectivity index (χ2v) is 4.73. The first-order valence-electron chi connectivity index (χ1n) is 6.40. The number of carbonyl (C=O) groups is 2. The van der Waals surface area contributed by atoms with Crippen LogP contribution < -0.4 is 11.1 Å². The number of primary amides is 1. The average molecular weight is 286 g/mol. The van der Waals surface area contributed by atoms with Crippen LogP contribution in [0.4, 0.5) is 4.39 Å². The summed E-state index contributed by atoms with van der Waals surface area (Å²) in [6.07, 6.45) is 0. The Morgan fingerprint density at radius 1 is 1.19 bits per heavy atom. The zero-order valence-electron chi connectivity index (χ0n) is 11.5. The zero-order valence-corrected chi connectivity index (χ0v) is 11.5. The highest BCUT2D eigenvalue weighted by atomic mass is 19.1. The van der Waals surface area contributed by atoms with Gasteiger partial charge < -0.3 is 11.1 Å². The van der Waals surface area contributed by atoms with Crippen LogP contribution in [0.2, 0.25) is 0 Å². The predicted octanol–water partition coefficient (Wildman–Crippen LogP) is 2.16. The number of aryl methyl sites for hydroxylation is 1. The first-order valence-corrected chi connectivity index (χ1v) is 6.40. The molecule has 0 spiro atoms. The molecule has 2 rings (SSSR count). The normalized spacial score (nSPS) is 10.2. The van der Waals surface area contributed by atoms with Gasteiger partial charge in [0.2, 0.25) is 5.91 Å². The summed E-state index contributed by atoms with van der Waals surface area (Å²) in [5, 5.41) is 2.62. The molecule has 0 saturated carbocycles. The number of hydrogen-bond donors (Lipinski definition) is 2. The van der Waals surface area contributed by atoms with Crippen molar-refractivity contribution in [1.29, 1.82) is 0 Å². The second kappa shape index (κ2) is 6.17. The van der Waals surface area contributed by atoms with Crippen molar-refractivity contribution in [3.05, 3.63) is 70.5 Å². The molecule has 0 aliphatic carbocycles. The molecule has 5 heteroatoms. The number of benzene rings is 2. The molecule has 0 bridgehead atoms. The maximum absolute atomic E-state index is 13.6. The first-order chi connectivity index (χ1) is 9.97. The van der Waals surface area contributed by atoms with E-state index in [-0.39, 0.29) is 12.1 Å². The van der Waals surface area contributed by atoms with Crippen molar-refractivity contribution >= 4 is 11.8 Å². The fraction of sp³-hybridized carbons (Fsp3) is 0.125. The van der Waals surface area contributed by atoms with E-state index in [1.54, 1.807) is 37.3 Å². The number of nitrogens with two attached hydrogens (primary N) is 1. The maximum Gasteiger partial charge on any atom is 0.254 e. The van der Waals surface area contributed by atoms with Crippen LogP contribution in [0.5, 0.6) is 0 Å². The molecule has 0 heterocycles. The van der Waals surface area contributed by atoms with Gasteiger partial charge in [-0.1, -0.05) is 23.8 Å². The molecule has 21 heavy (non-hydrogen) atoms. The second-order valence-electron chi connectivity index (χ2n) is 4.73. The average Bonchev–Trinajstić information content (AvgIpc) is 2.47. The molecular weight excluding hydrogens is 271 g/mol. The number of halogens is 1. The van der Waals surface area contributed by atoms with Gasteiger partial charge in [0, 0.05) is 12.1 Å². The summed E-state index contributed by atoms with van der Waals surface area (Å²) < 4.78 is 13.6. The smallest absolute Gasteiger partial charge is 0.254 e. The van der Waals surface area contributed by atoms with Gasteiger partial charge in [-0.2, -0.15) is 0 Å². The maximum atomic E-state index is 13.6. The fourth-order valence-corrected chi connectivity index (χ4v) is 1.93. The van der Waals surface area contributed by atoms with Crippen LogP contribution in [0.1, 0.15) is 31.8 Å². The summed E-state index contributed by atoms with van der Waals surface area (Å²) in [7, 11) is 0. The standard InChI is InChI=1S/C16H15FN2O2/c1-10-5-6-14(17)13(7-10)16(21)19-9-11-3-2-4-12(8-11)15(18)20/h2-8H,9H2,1H3,(H2,18,20)(H,19,21). The Kier molecular flexibility index (Phi) is 4.33. The summed E-state index contributed by atoms with van der Waals surface area (Å²) >= 11 is 0. The van der Waals surface area contributed by atoms with E-state index in [0.717, 1.165) is 5.56 Å². The van der Waals surface area contributed by atoms with Crippen LogP contribution in [0, 0.1) is 12.7 Å². The molecule has 0 aliphatic heterocycles. The van der Waals surface area contributed by atoms with Gasteiger partial charge in [0.05, 0.1) is 5.56 Å². The quantitative estimate of drug-likeness (QED) is 0.904. The molecule has 2 aromatic carbocycles. The third kappa shape index (κ3) is 3.66. The number of hydrogen-bond acceptors (Lipinski definition) is 2. The van der Waals surface area contributed by atoms with Gasteiger partial charge in [0.1, 0.15) is 5.82 Å². The number of rotatable bonds is 4. The van der Waals surface area contributed by atoms with E-state index < -0.39 is 17.6 Å². The third-order valence-corrected chi connectivity index (χ3v) is 3.03. The molecule has 0 atom stereocenters. The molecule has 3 N–H and O–H groups in total. The molecule has 0 fully saturated rings. The van der Waals surface area contributed by atoms with Crippen molar-refractivity contribution in [2.45, 2.75) is 13.5 Å². The van der Waals surface area contributed by atoms with E-state index in [1.165, 1.54) is 12.1 Å². The van der Waals surface area contributed by atoms with Gasteiger partial charge in [0.25, 0.3) is 5.91 Å². The lowest BCUT2D eigenvalue weighted by molar-refractivity contribution is 0.0946. The molecule has 108 valence electrons. The highest BCUT2D eigenvalue weighted by Crippen LogP contribution is 2.10. The van der Waals surface area contributed by atoms with Crippen LogP contribution in [-0.2, 0) is 6.54 Å². The van der Waals surface area contributed by atoms with Gasteiger partial charge in [-0.05, 0) is 36.8 Å². The summed E-state index contributed by atoms with van der Waals surface area (Å²) in [4.78, 5) is 23.0. The van der Waals surface area contributed by atoms with Gasteiger partial charge in [0.15, 0.2) is 0 Å². The van der Waals surface area contributed by atoms with Gasteiger partial charge in [-0.25, -0.2) is 4.39 Å². The Balaban J connectivity index is 2.09. The van der Waals surface area contributed by atoms with Crippen molar-refractivity contribution in [1.82, 2.24) is 5.32 Å². The van der Waals surface area contributed by atoms with E-state index in [9.17, 15) is 14.0 Å². The highest BCUT2D eigenvalue weighted by molar-refractivity contribution is 5.95. The van der Waals surface area contributed by atoms with E-state index in [1.807, 2.05) is 0 Å². The van der Waals surface area contributed by atoms with Crippen LogP contribution in [0.3, 0.4) is 0 Å². The minimum absolute atomic E-state index is 0.000978. The molecule has 4 nitrogen and oxygen atoms in total. The highest BCUT2D eigenvalue weighted by Gasteiger charge is 2.11. The first kappa shape index (κ1) is 14.7. The Morgan fingerprint density at radius 2 is 1.95 bits per heavy atom. The van der Waals surface area contributed by atoms with Crippen molar-refractivity contribution < 1.29 is 14.0 Å². The molecule has 2 aromatic rings. The van der Waals surface area contributed by atoms with Crippen molar-refractivity contribution in [2.75, 3.05) is 0 Å². The Bertz CT molecular complexity index is 698. The summed E-state index contributed by atoms with van der Waals surface area (Å²) in [6.45, 7) is 1.97. The molecular formula is C16H15FN2O2. The molecule has 0 unspecified atom stereocenters. The minimum Gasteiger partial charge on any atom is -0.366 e. The molecule has 0 aliphatic rings. The van der Waals surface area contributed by atoms with E-state index in [2.05, 4.69) is 5.32 Å². The monoisotopic (exact) mass is 286 g/mol. The lowest BCUT2D eigenvalue weighted by Crippen LogP contribution is -2.24. The van der Waals surface area contributed by atoms with Gasteiger partial charge in [-0.3, -0.25) is 9.59 Å². The summed E-state index contributed by atoms with van der Waals surface area (Å²) in [5.74, 6) is -1.60. The predicted molar refractivity (Wildman–Crippen MR) is 77.3 cm³/mol. The minimum atomic E-state index is -0.566. The Hall–Kier alpha value is -2.69. The lowest BCUT2D eigenvalue weighted by Gasteiger charge is -2.08. The SMILES string of the molecule is Cc1ccc(F)c(C(=O)NCc2cccc(C(N)=O)c2)c1. The fourth-order valence-electron chi connectivity index (χ4n) is 1.93. The van der Waals surface area contributed by atoms with E-state index in [4.69, 9.17) is 5.73 Å². The van der Waals surface area contributed by atoms with Gasteiger partial charge >= 0.3 is 0 Å².